The van der Waals surface area contributed by atoms with Gasteiger partial charge in [0.15, 0.2) is 11.5 Å². The van der Waals surface area contributed by atoms with Crippen molar-refractivity contribution in [1.82, 2.24) is 10.2 Å². The average Bonchev–Trinajstić information content (AvgIpc) is 2.70. The highest BCUT2D eigenvalue weighted by molar-refractivity contribution is 5.75. The number of benzene rings is 2. The molecule has 0 aromatic heterocycles. The van der Waals surface area contributed by atoms with Crippen LogP contribution in [-0.4, -0.2) is 31.2 Å². The van der Waals surface area contributed by atoms with E-state index in [0.29, 0.717) is 19.0 Å². The number of nitrogens with zero attached hydrogens (tertiary/aromatic N) is 1. The molecule has 150 valence electrons. The van der Waals surface area contributed by atoms with Gasteiger partial charge in [-0.25, -0.2) is 9.18 Å². The van der Waals surface area contributed by atoms with Crippen LogP contribution in [0.4, 0.5) is 9.18 Å². The van der Waals surface area contributed by atoms with Crippen molar-refractivity contribution in [2.45, 2.75) is 32.9 Å². The van der Waals surface area contributed by atoms with Gasteiger partial charge in [-0.15, -0.1) is 0 Å². The summed E-state index contributed by atoms with van der Waals surface area (Å²) in [7, 11) is 1.74. The van der Waals surface area contributed by atoms with Crippen LogP contribution in [0, 0.1) is 11.7 Å². The molecule has 0 bridgehead atoms. The third kappa shape index (κ3) is 4.38. The molecular weight excluding hydrogens is 359 g/mol. The van der Waals surface area contributed by atoms with Gasteiger partial charge >= 0.3 is 6.03 Å². The molecule has 1 aliphatic heterocycles. The molecule has 2 aromatic rings. The lowest BCUT2D eigenvalue weighted by molar-refractivity contribution is 0.170. The Balaban J connectivity index is 1.74. The maximum absolute atomic E-state index is 13.2. The lowest BCUT2D eigenvalue weighted by Crippen LogP contribution is -2.42. The van der Waals surface area contributed by atoms with Crippen LogP contribution in [0.5, 0.6) is 11.5 Å². The van der Waals surface area contributed by atoms with Crippen molar-refractivity contribution >= 4 is 6.03 Å². The molecular formula is C22H27FN2O3. The van der Waals surface area contributed by atoms with Crippen LogP contribution < -0.4 is 14.8 Å². The zero-order chi connectivity index (χ0) is 20.3. The molecule has 1 aliphatic rings. The minimum atomic E-state index is -0.290. The highest BCUT2D eigenvalue weighted by Crippen LogP contribution is 2.34. The van der Waals surface area contributed by atoms with Crippen molar-refractivity contribution in [2.24, 2.45) is 5.92 Å². The second-order valence-corrected chi connectivity index (χ2v) is 7.41. The van der Waals surface area contributed by atoms with Crippen molar-refractivity contribution in [1.29, 1.82) is 0 Å². The topological polar surface area (TPSA) is 50.8 Å². The van der Waals surface area contributed by atoms with E-state index in [4.69, 9.17) is 9.47 Å². The lowest BCUT2D eigenvalue weighted by Gasteiger charge is -2.30. The Kier molecular flexibility index (Phi) is 6.07. The first-order valence-corrected chi connectivity index (χ1v) is 9.55. The first kappa shape index (κ1) is 20.0. The summed E-state index contributed by atoms with van der Waals surface area (Å²) in [6.07, 6.45) is 0. The predicted molar refractivity (Wildman–Crippen MR) is 106 cm³/mol. The van der Waals surface area contributed by atoms with E-state index >= 15 is 0 Å². The summed E-state index contributed by atoms with van der Waals surface area (Å²) in [4.78, 5) is 14.5. The maximum atomic E-state index is 13.2. The number of urea groups is 1. The lowest BCUT2D eigenvalue weighted by atomic mass is 9.95. The number of nitrogens with one attached hydrogen (secondary N) is 1. The number of amides is 2. The summed E-state index contributed by atoms with van der Waals surface area (Å²) < 4.78 is 24.4. The molecule has 6 heteroatoms. The SMILES string of the molecule is CC(C)C(NC(=O)N(C)C(C)c1ccc(F)cc1)c1ccc2c(c1)OCCO2. The molecule has 2 amide bonds. The molecule has 2 unspecified atom stereocenters. The maximum Gasteiger partial charge on any atom is 0.318 e. The Hall–Kier alpha value is -2.76. The molecule has 3 rings (SSSR count). The summed E-state index contributed by atoms with van der Waals surface area (Å²) >= 11 is 0. The summed E-state index contributed by atoms with van der Waals surface area (Å²) in [6.45, 7) is 7.10. The molecule has 0 spiro atoms. The van der Waals surface area contributed by atoms with E-state index in [1.54, 1.807) is 24.1 Å². The molecule has 2 atom stereocenters. The quantitative estimate of drug-likeness (QED) is 0.811. The van der Waals surface area contributed by atoms with Crippen LogP contribution in [0.15, 0.2) is 42.5 Å². The van der Waals surface area contributed by atoms with Gasteiger partial charge in [-0.1, -0.05) is 32.0 Å². The molecule has 2 aromatic carbocycles. The molecule has 1 heterocycles. The number of hydrogen-bond donors (Lipinski definition) is 1. The van der Waals surface area contributed by atoms with Crippen molar-refractivity contribution in [3.8, 4) is 11.5 Å². The molecule has 1 N–H and O–H groups in total. The van der Waals surface area contributed by atoms with Crippen LogP contribution in [0.2, 0.25) is 0 Å². The van der Waals surface area contributed by atoms with Gasteiger partial charge in [-0.3, -0.25) is 0 Å². The highest BCUT2D eigenvalue weighted by Gasteiger charge is 2.25. The molecule has 0 fully saturated rings. The minimum Gasteiger partial charge on any atom is -0.486 e. The van der Waals surface area contributed by atoms with Gasteiger partial charge in [0.05, 0.1) is 12.1 Å². The zero-order valence-corrected chi connectivity index (χ0v) is 16.7. The molecule has 0 saturated carbocycles. The number of carbonyl (C=O) groups excluding carboxylic acids is 1. The Labute approximate surface area is 165 Å². The fraction of sp³-hybridized carbons (Fsp3) is 0.409. The Morgan fingerprint density at radius 3 is 2.25 bits per heavy atom. The summed E-state index contributed by atoms with van der Waals surface area (Å²) in [5, 5.41) is 3.12. The van der Waals surface area contributed by atoms with Crippen molar-refractivity contribution in [3.05, 3.63) is 59.4 Å². The van der Waals surface area contributed by atoms with Gasteiger partial charge in [0.2, 0.25) is 0 Å². The third-order valence-corrected chi connectivity index (χ3v) is 5.12. The van der Waals surface area contributed by atoms with Gasteiger partial charge in [-0.2, -0.15) is 0 Å². The number of ether oxygens (including phenoxy) is 2. The van der Waals surface area contributed by atoms with Crippen LogP contribution in [0.1, 0.15) is 44.0 Å². The summed E-state index contributed by atoms with van der Waals surface area (Å²) in [6, 6.07) is 11.4. The third-order valence-electron chi connectivity index (χ3n) is 5.12. The van der Waals surface area contributed by atoms with E-state index in [0.717, 1.165) is 16.9 Å². The summed E-state index contributed by atoms with van der Waals surface area (Å²) in [5.41, 5.74) is 1.84. The second-order valence-electron chi connectivity index (χ2n) is 7.41. The largest absolute Gasteiger partial charge is 0.486 e. The Morgan fingerprint density at radius 2 is 1.61 bits per heavy atom. The van der Waals surface area contributed by atoms with Gasteiger partial charge in [0.25, 0.3) is 0 Å². The smallest absolute Gasteiger partial charge is 0.318 e. The zero-order valence-electron chi connectivity index (χ0n) is 16.7. The predicted octanol–water partition coefficient (Wildman–Crippen LogP) is 4.70. The minimum absolute atomic E-state index is 0.175. The van der Waals surface area contributed by atoms with Crippen LogP contribution in [0.25, 0.3) is 0 Å². The summed E-state index contributed by atoms with van der Waals surface area (Å²) in [5.74, 6) is 1.32. The molecule has 0 saturated heterocycles. The monoisotopic (exact) mass is 386 g/mol. The van der Waals surface area contributed by atoms with E-state index in [-0.39, 0.29) is 29.8 Å². The number of rotatable bonds is 5. The van der Waals surface area contributed by atoms with E-state index < -0.39 is 0 Å². The van der Waals surface area contributed by atoms with Crippen molar-refractivity contribution < 1.29 is 18.7 Å². The number of hydrogen-bond acceptors (Lipinski definition) is 3. The van der Waals surface area contributed by atoms with Gasteiger partial charge in [0.1, 0.15) is 19.0 Å². The molecule has 0 aliphatic carbocycles. The Morgan fingerprint density at radius 1 is 1.00 bits per heavy atom. The van der Waals surface area contributed by atoms with E-state index in [9.17, 15) is 9.18 Å². The van der Waals surface area contributed by atoms with Crippen LogP contribution in [0.3, 0.4) is 0 Å². The van der Waals surface area contributed by atoms with Crippen molar-refractivity contribution in [2.75, 3.05) is 20.3 Å². The van der Waals surface area contributed by atoms with Gasteiger partial charge in [-0.05, 0) is 48.2 Å². The molecule has 5 nitrogen and oxygen atoms in total. The fourth-order valence-electron chi connectivity index (χ4n) is 3.26. The first-order valence-electron chi connectivity index (χ1n) is 9.55. The average molecular weight is 386 g/mol. The van der Waals surface area contributed by atoms with Crippen molar-refractivity contribution in [3.63, 3.8) is 0 Å². The Bertz CT molecular complexity index is 823. The highest BCUT2D eigenvalue weighted by atomic mass is 19.1. The normalized spacial score (nSPS) is 15.1. The van der Waals surface area contributed by atoms with Gasteiger partial charge in [0, 0.05) is 7.05 Å². The van der Waals surface area contributed by atoms with E-state index in [1.165, 1.54) is 12.1 Å². The number of carbonyl (C=O) groups is 1. The fourth-order valence-corrected chi connectivity index (χ4v) is 3.26. The van der Waals surface area contributed by atoms with E-state index in [1.807, 2.05) is 25.1 Å². The first-order chi connectivity index (χ1) is 13.4. The second kappa shape index (κ2) is 8.50. The van der Waals surface area contributed by atoms with Gasteiger partial charge < -0.3 is 19.7 Å². The molecule has 0 radical (unpaired) electrons. The standard InChI is InChI=1S/C22H27FN2O3/c1-14(2)21(17-7-10-19-20(13-17)28-12-11-27-19)24-22(26)25(4)15(3)16-5-8-18(23)9-6-16/h5-10,13-15,21H,11-12H2,1-4H3,(H,24,26). The number of fused-ring (bicyclic) bond motifs is 1. The number of halogens is 1. The van der Waals surface area contributed by atoms with Crippen LogP contribution in [-0.2, 0) is 0 Å². The van der Waals surface area contributed by atoms with E-state index in [2.05, 4.69) is 19.2 Å². The molecule has 28 heavy (non-hydrogen) atoms. The van der Waals surface area contributed by atoms with Crippen LogP contribution >= 0.6 is 0 Å².